The van der Waals surface area contributed by atoms with Gasteiger partial charge in [-0.3, -0.25) is 9.59 Å². The SMILES string of the molecule is C=C.CCCCCCCCCCCCCCCCCCC(CC(=O)O)C(=O)O. The number of hydrogen-bond donors (Lipinski definition) is 2. The summed E-state index contributed by atoms with van der Waals surface area (Å²) in [6.45, 7) is 8.26. The number of carboxylic acid groups (broad SMARTS) is 2. The number of carbonyl (C=O) groups is 2. The van der Waals surface area contributed by atoms with Gasteiger partial charge in [-0.1, -0.05) is 110 Å². The molecule has 0 saturated carbocycles. The minimum absolute atomic E-state index is 0.256. The molecule has 0 saturated heterocycles. The molecule has 0 bridgehead atoms. The van der Waals surface area contributed by atoms with Gasteiger partial charge in [0.05, 0.1) is 12.3 Å². The van der Waals surface area contributed by atoms with Gasteiger partial charge >= 0.3 is 11.9 Å². The maximum Gasteiger partial charge on any atom is 0.307 e. The number of hydrogen-bond acceptors (Lipinski definition) is 2. The minimum Gasteiger partial charge on any atom is -0.481 e. The fourth-order valence-corrected chi connectivity index (χ4v) is 3.46. The van der Waals surface area contributed by atoms with Gasteiger partial charge in [-0.2, -0.15) is 0 Å². The van der Waals surface area contributed by atoms with E-state index in [2.05, 4.69) is 20.1 Å². The Balaban J connectivity index is 0. The molecular formula is C24H46O4. The highest BCUT2D eigenvalue weighted by Crippen LogP contribution is 2.17. The molecule has 0 heterocycles. The van der Waals surface area contributed by atoms with Crippen LogP contribution in [0.1, 0.15) is 122 Å². The summed E-state index contributed by atoms with van der Waals surface area (Å²) in [5.41, 5.74) is 0. The molecule has 0 aromatic heterocycles. The first-order valence-electron chi connectivity index (χ1n) is 11.5. The van der Waals surface area contributed by atoms with Crippen LogP contribution in [-0.2, 0) is 9.59 Å². The van der Waals surface area contributed by atoms with Crippen LogP contribution in [0.15, 0.2) is 13.2 Å². The van der Waals surface area contributed by atoms with Crippen molar-refractivity contribution < 1.29 is 19.8 Å². The van der Waals surface area contributed by atoms with Crippen LogP contribution in [-0.4, -0.2) is 22.2 Å². The van der Waals surface area contributed by atoms with Gasteiger partial charge in [0.1, 0.15) is 0 Å². The first-order chi connectivity index (χ1) is 13.6. The average molecular weight is 399 g/mol. The van der Waals surface area contributed by atoms with Gasteiger partial charge in [0.25, 0.3) is 0 Å². The van der Waals surface area contributed by atoms with Crippen LogP contribution in [0.25, 0.3) is 0 Å². The third-order valence-corrected chi connectivity index (χ3v) is 5.18. The highest BCUT2D eigenvalue weighted by molar-refractivity contribution is 5.77. The van der Waals surface area contributed by atoms with Crippen LogP contribution in [0, 0.1) is 5.92 Å². The van der Waals surface area contributed by atoms with Crippen molar-refractivity contribution in [3.05, 3.63) is 13.2 Å². The van der Waals surface area contributed by atoms with Crippen LogP contribution < -0.4 is 0 Å². The predicted octanol–water partition coefficient (Wildman–Crippen LogP) is 7.62. The molecule has 1 atom stereocenters. The Kier molecular flexibility index (Phi) is 24.5. The Bertz CT molecular complexity index is 355. The zero-order valence-corrected chi connectivity index (χ0v) is 18.4. The summed E-state index contributed by atoms with van der Waals surface area (Å²) in [6.07, 6.45) is 20.9. The highest BCUT2D eigenvalue weighted by Gasteiger charge is 2.20. The third kappa shape index (κ3) is 22.7. The van der Waals surface area contributed by atoms with E-state index in [9.17, 15) is 9.59 Å². The third-order valence-electron chi connectivity index (χ3n) is 5.18. The first-order valence-corrected chi connectivity index (χ1v) is 11.5. The summed E-state index contributed by atoms with van der Waals surface area (Å²) in [4.78, 5) is 21.6. The van der Waals surface area contributed by atoms with Crippen LogP contribution in [0.4, 0.5) is 0 Å². The summed E-state index contributed by atoms with van der Waals surface area (Å²) in [7, 11) is 0. The lowest BCUT2D eigenvalue weighted by molar-refractivity contribution is -0.148. The molecule has 1 unspecified atom stereocenters. The standard InChI is InChI=1S/C22H42O4.C2H4/c1-2-3-4-5-6-7-8-9-10-11-12-13-14-15-16-17-18-20(22(25)26)19-21(23)24;1-2/h20H,2-19H2,1H3,(H,23,24)(H,25,26);1-2H2. The van der Waals surface area contributed by atoms with E-state index in [1.54, 1.807) is 0 Å². The van der Waals surface area contributed by atoms with E-state index in [1.165, 1.54) is 83.5 Å². The fraction of sp³-hybridized carbons (Fsp3) is 0.833. The van der Waals surface area contributed by atoms with Crippen molar-refractivity contribution in [3.63, 3.8) is 0 Å². The number of carboxylic acids is 2. The van der Waals surface area contributed by atoms with Crippen LogP contribution in [0.3, 0.4) is 0 Å². The number of unbranched alkanes of at least 4 members (excludes halogenated alkanes) is 15. The summed E-state index contributed by atoms with van der Waals surface area (Å²) in [6, 6.07) is 0. The zero-order valence-electron chi connectivity index (χ0n) is 18.4. The second kappa shape index (κ2) is 23.7. The highest BCUT2D eigenvalue weighted by atomic mass is 16.4. The van der Waals surface area contributed by atoms with E-state index in [1.807, 2.05) is 0 Å². The lowest BCUT2D eigenvalue weighted by atomic mass is 9.97. The predicted molar refractivity (Wildman–Crippen MR) is 119 cm³/mol. The van der Waals surface area contributed by atoms with Gasteiger partial charge in [0, 0.05) is 0 Å². The molecule has 0 aliphatic rings. The van der Waals surface area contributed by atoms with Crippen molar-refractivity contribution in [2.75, 3.05) is 0 Å². The van der Waals surface area contributed by atoms with Gasteiger partial charge in [-0.15, -0.1) is 13.2 Å². The molecule has 0 fully saturated rings. The quantitative estimate of drug-likeness (QED) is 0.163. The average Bonchev–Trinajstić information content (AvgIpc) is 2.67. The molecule has 0 rings (SSSR count). The van der Waals surface area contributed by atoms with Crippen molar-refractivity contribution in [2.45, 2.75) is 122 Å². The largest absolute Gasteiger partial charge is 0.481 e. The summed E-state index contributed by atoms with van der Waals surface area (Å²) < 4.78 is 0. The van der Waals surface area contributed by atoms with Crippen molar-refractivity contribution >= 4 is 11.9 Å². The van der Waals surface area contributed by atoms with E-state index >= 15 is 0 Å². The summed E-state index contributed by atoms with van der Waals surface area (Å²) in [5.74, 6) is -2.72. The molecule has 0 aliphatic heterocycles. The van der Waals surface area contributed by atoms with Crippen molar-refractivity contribution in [1.82, 2.24) is 0 Å². The molecule has 4 nitrogen and oxygen atoms in total. The number of rotatable bonds is 20. The van der Waals surface area contributed by atoms with Crippen LogP contribution in [0.5, 0.6) is 0 Å². The van der Waals surface area contributed by atoms with E-state index in [0.29, 0.717) is 6.42 Å². The first kappa shape index (κ1) is 28.9. The molecule has 0 amide bonds. The maximum absolute atomic E-state index is 11.0. The van der Waals surface area contributed by atoms with Gasteiger partial charge in [-0.25, -0.2) is 0 Å². The molecule has 0 aromatic carbocycles. The lowest BCUT2D eigenvalue weighted by Gasteiger charge is -2.09. The monoisotopic (exact) mass is 398 g/mol. The second-order valence-electron chi connectivity index (χ2n) is 7.72. The summed E-state index contributed by atoms with van der Waals surface area (Å²) >= 11 is 0. The van der Waals surface area contributed by atoms with Gasteiger partial charge in [0.2, 0.25) is 0 Å². The molecule has 0 aliphatic carbocycles. The van der Waals surface area contributed by atoms with E-state index in [4.69, 9.17) is 10.2 Å². The molecule has 0 aromatic rings. The van der Waals surface area contributed by atoms with Crippen molar-refractivity contribution in [3.8, 4) is 0 Å². The fourth-order valence-electron chi connectivity index (χ4n) is 3.46. The molecule has 2 N–H and O–H groups in total. The Morgan fingerprint density at radius 3 is 1.25 bits per heavy atom. The molecule has 0 radical (unpaired) electrons. The topological polar surface area (TPSA) is 74.6 Å². The number of aliphatic carboxylic acids is 2. The Hall–Kier alpha value is -1.32. The van der Waals surface area contributed by atoms with E-state index < -0.39 is 17.9 Å². The van der Waals surface area contributed by atoms with Crippen LogP contribution >= 0.6 is 0 Å². The van der Waals surface area contributed by atoms with Gasteiger partial charge in [-0.05, 0) is 6.42 Å². The van der Waals surface area contributed by atoms with Crippen molar-refractivity contribution in [1.29, 1.82) is 0 Å². The van der Waals surface area contributed by atoms with E-state index in [0.717, 1.165) is 19.3 Å². The Morgan fingerprint density at radius 1 is 0.643 bits per heavy atom. The zero-order chi connectivity index (χ0) is 21.5. The molecular weight excluding hydrogens is 352 g/mol. The lowest BCUT2D eigenvalue weighted by Crippen LogP contribution is -2.17. The molecule has 166 valence electrons. The van der Waals surface area contributed by atoms with E-state index in [-0.39, 0.29) is 6.42 Å². The minimum atomic E-state index is -1.02. The normalized spacial score (nSPS) is 11.5. The molecule has 0 spiro atoms. The maximum atomic E-state index is 11.0. The Labute approximate surface area is 173 Å². The second-order valence-corrected chi connectivity index (χ2v) is 7.72. The summed E-state index contributed by atoms with van der Waals surface area (Å²) in [5, 5.41) is 17.7. The van der Waals surface area contributed by atoms with Gasteiger partial charge in [0.15, 0.2) is 0 Å². The smallest absolute Gasteiger partial charge is 0.307 e. The Morgan fingerprint density at radius 2 is 0.964 bits per heavy atom. The van der Waals surface area contributed by atoms with Crippen LogP contribution in [0.2, 0.25) is 0 Å². The molecule has 28 heavy (non-hydrogen) atoms. The van der Waals surface area contributed by atoms with Crippen molar-refractivity contribution in [2.24, 2.45) is 5.92 Å². The van der Waals surface area contributed by atoms with Gasteiger partial charge < -0.3 is 10.2 Å². The molecule has 4 heteroatoms.